The average molecular weight is 397 g/mol. The van der Waals surface area contributed by atoms with E-state index in [-0.39, 0.29) is 16.2 Å². The van der Waals surface area contributed by atoms with Gasteiger partial charge in [-0.05, 0) is 25.1 Å². The summed E-state index contributed by atoms with van der Waals surface area (Å²) in [5.41, 5.74) is -1.85. The number of nitrogens with one attached hydrogen (secondary N) is 1. The molecule has 1 atom stereocenters. The Morgan fingerprint density at radius 2 is 1.62 bits per heavy atom. The summed E-state index contributed by atoms with van der Waals surface area (Å²) in [7, 11) is -3.01. The van der Waals surface area contributed by atoms with Gasteiger partial charge in [-0.3, -0.25) is 9.71 Å². The van der Waals surface area contributed by atoms with Gasteiger partial charge in [0.1, 0.15) is 11.5 Å². The molecular weight excluding hydrogens is 384 g/mol. The van der Waals surface area contributed by atoms with E-state index < -0.39 is 33.3 Å². The van der Waals surface area contributed by atoms with Crippen molar-refractivity contribution >= 4 is 20.4 Å². The van der Waals surface area contributed by atoms with Gasteiger partial charge >= 0.3 is 12.4 Å². The van der Waals surface area contributed by atoms with Gasteiger partial charge in [-0.1, -0.05) is 6.07 Å². The lowest BCUT2D eigenvalue weighted by molar-refractivity contribution is -0.141. The maximum atomic E-state index is 12.8. The first-order chi connectivity index (χ1) is 11.8. The van der Waals surface area contributed by atoms with Gasteiger partial charge in [0, 0.05) is 29.1 Å². The van der Waals surface area contributed by atoms with Gasteiger partial charge in [0.05, 0.1) is 15.3 Å². The number of pyridine rings is 2. The summed E-state index contributed by atoms with van der Waals surface area (Å²) >= 11 is 0. The highest BCUT2D eigenvalue weighted by Gasteiger charge is 2.32. The number of rotatable bonds is 3. The highest BCUT2D eigenvalue weighted by atomic mass is 32.2. The fourth-order valence-corrected chi connectivity index (χ4v) is 3.14. The first kappa shape index (κ1) is 20.0. The van der Waals surface area contributed by atoms with E-state index in [0.29, 0.717) is 6.20 Å². The molecule has 2 aromatic rings. The van der Waals surface area contributed by atoms with Crippen molar-refractivity contribution in [2.24, 2.45) is 0 Å². The second-order valence-electron chi connectivity index (χ2n) is 5.36. The molecule has 1 N–H and O–H groups in total. The van der Waals surface area contributed by atoms with E-state index >= 15 is 0 Å². The van der Waals surface area contributed by atoms with Gasteiger partial charge in [0.25, 0.3) is 0 Å². The first-order valence-corrected chi connectivity index (χ1v) is 8.95. The van der Waals surface area contributed by atoms with Crippen molar-refractivity contribution in [2.75, 3.05) is 11.0 Å². The number of anilines is 1. The summed E-state index contributed by atoms with van der Waals surface area (Å²) < 4.78 is 90.4. The molecule has 0 aromatic carbocycles. The van der Waals surface area contributed by atoms with Crippen LogP contribution in [0.3, 0.4) is 0 Å². The van der Waals surface area contributed by atoms with Crippen LogP contribution in [-0.4, -0.2) is 25.3 Å². The predicted molar refractivity (Wildman–Crippen MR) is 86.0 cm³/mol. The van der Waals surface area contributed by atoms with Crippen molar-refractivity contribution in [3.05, 3.63) is 53.5 Å². The van der Waals surface area contributed by atoms with Gasteiger partial charge in [-0.15, -0.1) is 0 Å². The van der Waals surface area contributed by atoms with Crippen LogP contribution in [-0.2, 0) is 22.1 Å². The van der Waals surface area contributed by atoms with Gasteiger partial charge in [-0.25, -0.2) is 9.19 Å². The summed E-state index contributed by atoms with van der Waals surface area (Å²) in [6.07, 6.45) is -6.36. The lowest BCUT2D eigenvalue weighted by Crippen LogP contribution is -2.21. The van der Waals surface area contributed by atoms with Crippen LogP contribution in [0.4, 0.5) is 32.2 Å². The molecule has 0 aliphatic rings. The summed E-state index contributed by atoms with van der Waals surface area (Å²) in [5.74, 6) is -0.0651. The average Bonchev–Trinajstić information content (AvgIpc) is 2.52. The number of halogens is 6. The van der Waals surface area contributed by atoms with Gasteiger partial charge in [0.15, 0.2) is 0 Å². The predicted octanol–water partition coefficient (Wildman–Crippen LogP) is 4.00. The quantitative estimate of drug-likeness (QED) is 0.484. The Bertz CT molecular complexity index is 895. The van der Waals surface area contributed by atoms with E-state index in [1.165, 1.54) is 13.2 Å². The van der Waals surface area contributed by atoms with E-state index in [4.69, 9.17) is 0 Å². The molecule has 0 radical (unpaired) electrons. The smallest absolute Gasteiger partial charge is 0.297 e. The maximum absolute atomic E-state index is 12.8. The zero-order valence-electron chi connectivity index (χ0n) is 13.4. The van der Waals surface area contributed by atoms with Crippen LogP contribution in [0.5, 0.6) is 0 Å². The lowest BCUT2D eigenvalue weighted by Gasteiger charge is -2.14. The van der Waals surface area contributed by atoms with Gasteiger partial charge in [-0.2, -0.15) is 26.3 Å². The van der Waals surface area contributed by atoms with E-state index in [2.05, 4.69) is 14.7 Å². The van der Waals surface area contributed by atoms with Crippen molar-refractivity contribution in [3.8, 4) is 0 Å². The molecule has 2 rings (SSSR count). The Kier molecular flexibility index (Phi) is 5.22. The van der Waals surface area contributed by atoms with Crippen molar-refractivity contribution in [3.63, 3.8) is 0 Å². The minimum absolute atomic E-state index is 0.0651. The van der Waals surface area contributed by atoms with Crippen molar-refractivity contribution in [1.29, 1.82) is 0 Å². The van der Waals surface area contributed by atoms with Crippen molar-refractivity contribution in [1.82, 2.24) is 9.97 Å². The van der Waals surface area contributed by atoms with E-state index in [1.54, 1.807) is 0 Å². The maximum Gasteiger partial charge on any atom is 0.433 e. The molecule has 2 aromatic heterocycles. The monoisotopic (exact) mass is 397 g/mol. The van der Waals surface area contributed by atoms with Crippen LogP contribution >= 0.6 is 0 Å². The van der Waals surface area contributed by atoms with Gasteiger partial charge in [0.2, 0.25) is 0 Å². The fraction of sp³-hybridized carbons (Fsp3) is 0.267. The summed E-state index contributed by atoms with van der Waals surface area (Å²) in [5, 5.41) is 0. The second kappa shape index (κ2) is 6.78. The third kappa shape index (κ3) is 4.65. The summed E-state index contributed by atoms with van der Waals surface area (Å²) in [6, 6.07) is 3.67. The molecule has 1 unspecified atom stereocenters. The molecule has 0 saturated heterocycles. The number of nitrogens with zero attached hydrogens (tertiary/aromatic N) is 2. The van der Waals surface area contributed by atoms with Crippen LogP contribution in [0.1, 0.15) is 23.7 Å². The summed E-state index contributed by atoms with van der Waals surface area (Å²) in [6.45, 7) is 1.42. The molecule has 0 aliphatic heterocycles. The molecular formula is C15H13F6N3OS. The molecule has 11 heteroatoms. The highest BCUT2D eigenvalue weighted by molar-refractivity contribution is 8.03. The number of alkyl halides is 6. The minimum atomic E-state index is -4.59. The molecule has 0 amide bonds. The molecule has 0 bridgehead atoms. The lowest BCUT2D eigenvalue weighted by atomic mass is 10.2. The Hall–Kier alpha value is -2.30. The topological polar surface area (TPSA) is 54.9 Å². The normalized spacial score (nSPS) is 14.6. The number of hydrogen-bond acceptors (Lipinski definition) is 3. The molecule has 0 fully saturated rings. The van der Waals surface area contributed by atoms with Crippen LogP contribution in [0.15, 0.2) is 36.7 Å². The van der Waals surface area contributed by atoms with E-state index in [1.807, 2.05) is 0 Å². The molecule has 0 spiro atoms. The Labute approximate surface area is 145 Å². The minimum Gasteiger partial charge on any atom is -0.297 e. The van der Waals surface area contributed by atoms with Gasteiger partial charge < -0.3 is 0 Å². The third-order valence-corrected chi connectivity index (χ3v) is 5.44. The Balaban J connectivity index is 2.31. The van der Waals surface area contributed by atoms with Crippen molar-refractivity contribution in [2.45, 2.75) is 19.3 Å². The molecule has 0 saturated carbocycles. The van der Waals surface area contributed by atoms with E-state index in [9.17, 15) is 30.6 Å². The number of aromatic nitrogens is 2. The summed E-state index contributed by atoms with van der Waals surface area (Å²) in [4.78, 5) is 7.04. The van der Waals surface area contributed by atoms with E-state index in [0.717, 1.165) is 30.5 Å². The zero-order chi connectivity index (χ0) is 19.8. The molecule has 142 valence electrons. The molecule has 0 aliphatic carbocycles. The molecule has 4 nitrogen and oxygen atoms in total. The van der Waals surface area contributed by atoms with Crippen LogP contribution in [0.2, 0.25) is 0 Å². The van der Waals surface area contributed by atoms with Crippen LogP contribution in [0, 0.1) is 0 Å². The SMILES string of the molecule is CC(c1ccc(C(F)(F)F)nc1)=S(C)(=O)Nc1ccc(C(F)(F)F)cn1. The zero-order valence-corrected chi connectivity index (χ0v) is 14.3. The number of hydrogen-bond donors (Lipinski definition) is 1. The van der Waals surface area contributed by atoms with Crippen LogP contribution in [0.25, 0.3) is 0 Å². The molecule has 26 heavy (non-hydrogen) atoms. The Morgan fingerprint density at radius 3 is 2.04 bits per heavy atom. The third-order valence-electron chi connectivity index (χ3n) is 3.43. The molecule has 2 heterocycles. The standard InChI is InChI=1S/C15H13F6N3OS/c1-9(10-3-5-12(22-7-10)15(19,20)21)26(2,25)24-13-6-4-11(8-23-13)14(16,17)18/h3-8H,1-2H3,(H,23,24,25). The Morgan fingerprint density at radius 1 is 0.962 bits per heavy atom. The first-order valence-electron chi connectivity index (χ1n) is 6.98. The highest BCUT2D eigenvalue weighted by Crippen LogP contribution is 2.29. The fourth-order valence-electron chi connectivity index (χ4n) is 1.89. The van der Waals surface area contributed by atoms with Crippen LogP contribution < -0.4 is 4.72 Å². The largest absolute Gasteiger partial charge is 0.433 e. The second-order valence-corrected chi connectivity index (χ2v) is 7.87. The van der Waals surface area contributed by atoms with Crippen molar-refractivity contribution < 1.29 is 30.6 Å².